The second-order valence-corrected chi connectivity index (χ2v) is 6.23. The number of nitrogens with one attached hydrogen (secondary N) is 1. The summed E-state index contributed by atoms with van der Waals surface area (Å²) >= 11 is 8.37. The number of rotatable bonds is 5. The zero-order chi connectivity index (χ0) is 12.3. The molecule has 2 rings (SSSR count). The van der Waals surface area contributed by atoms with Crippen molar-refractivity contribution < 1.29 is 4.42 Å². The predicted molar refractivity (Wildman–Crippen MR) is 77.2 cm³/mol. The lowest BCUT2D eigenvalue weighted by Gasteiger charge is -1.97. The van der Waals surface area contributed by atoms with Gasteiger partial charge in [-0.05, 0) is 44.8 Å². The second-order valence-electron chi connectivity index (χ2n) is 3.54. The van der Waals surface area contributed by atoms with Crippen molar-refractivity contribution in [3.8, 4) is 10.8 Å². The SMILES string of the molecule is CCCNCc1cnc(-c2cc(Br)c(Br)o2)s1. The first-order valence-electron chi connectivity index (χ1n) is 5.31. The highest BCUT2D eigenvalue weighted by Gasteiger charge is 2.11. The Morgan fingerprint density at radius 3 is 2.94 bits per heavy atom. The van der Waals surface area contributed by atoms with Crippen LogP contribution < -0.4 is 5.32 Å². The zero-order valence-electron chi connectivity index (χ0n) is 9.30. The molecule has 0 fully saturated rings. The highest BCUT2D eigenvalue weighted by atomic mass is 79.9. The average molecular weight is 380 g/mol. The van der Waals surface area contributed by atoms with E-state index in [0.29, 0.717) is 4.67 Å². The lowest BCUT2D eigenvalue weighted by molar-refractivity contribution is 0.553. The van der Waals surface area contributed by atoms with E-state index in [1.54, 1.807) is 11.3 Å². The molecule has 0 aliphatic heterocycles. The normalized spacial score (nSPS) is 11.0. The third kappa shape index (κ3) is 3.40. The van der Waals surface area contributed by atoms with Gasteiger partial charge >= 0.3 is 0 Å². The van der Waals surface area contributed by atoms with Crippen molar-refractivity contribution in [3.63, 3.8) is 0 Å². The van der Waals surface area contributed by atoms with Crippen LogP contribution in [0, 0.1) is 0 Å². The fourth-order valence-electron chi connectivity index (χ4n) is 1.34. The molecule has 6 heteroatoms. The largest absolute Gasteiger partial charge is 0.446 e. The van der Waals surface area contributed by atoms with Crippen LogP contribution in [-0.2, 0) is 6.54 Å². The highest BCUT2D eigenvalue weighted by molar-refractivity contribution is 9.13. The van der Waals surface area contributed by atoms with E-state index >= 15 is 0 Å². The van der Waals surface area contributed by atoms with E-state index in [1.165, 1.54) is 4.88 Å². The molecule has 92 valence electrons. The molecule has 2 aromatic rings. The molecule has 0 aliphatic carbocycles. The molecule has 0 spiro atoms. The van der Waals surface area contributed by atoms with Crippen LogP contribution in [0.4, 0.5) is 0 Å². The molecule has 0 aliphatic rings. The van der Waals surface area contributed by atoms with Gasteiger partial charge in [-0.1, -0.05) is 6.92 Å². The Labute approximate surface area is 121 Å². The maximum atomic E-state index is 5.54. The lowest BCUT2D eigenvalue weighted by Crippen LogP contribution is -2.12. The van der Waals surface area contributed by atoms with Crippen LogP contribution >= 0.6 is 43.2 Å². The Morgan fingerprint density at radius 2 is 2.29 bits per heavy atom. The van der Waals surface area contributed by atoms with Gasteiger partial charge in [0, 0.05) is 23.7 Å². The zero-order valence-corrected chi connectivity index (χ0v) is 13.3. The first-order chi connectivity index (χ1) is 8.20. The molecular weight excluding hydrogens is 368 g/mol. The first kappa shape index (κ1) is 13.3. The third-order valence-electron chi connectivity index (χ3n) is 2.14. The van der Waals surface area contributed by atoms with Crippen LogP contribution in [0.2, 0.25) is 0 Å². The Kier molecular flexibility index (Phi) is 4.78. The summed E-state index contributed by atoms with van der Waals surface area (Å²) in [7, 11) is 0. The number of aromatic nitrogens is 1. The summed E-state index contributed by atoms with van der Waals surface area (Å²) in [6.07, 6.45) is 3.04. The quantitative estimate of drug-likeness (QED) is 0.781. The van der Waals surface area contributed by atoms with Crippen molar-refractivity contribution in [2.45, 2.75) is 19.9 Å². The van der Waals surface area contributed by atoms with Crippen LogP contribution in [0.5, 0.6) is 0 Å². The fraction of sp³-hybridized carbons (Fsp3) is 0.364. The minimum atomic E-state index is 0.702. The molecule has 0 bridgehead atoms. The molecule has 0 saturated heterocycles. The maximum Gasteiger partial charge on any atom is 0.184 e. The summed E-state index contributed by atoms with van der Waals surface area (Å²) in [4.78, 5) is 5.58. The minimum Gasteiger partial charge on any atom is -0.446 e. The van der Waals surface area contributed by atoms with Gasteiger partial charge in [0.1, 0.15) is 0 Å². The molecule has 0 aromatic carbocycles. The van der Waals surface area contributed by atoms with E-state index in [-0.39, 0.29) is 0 Å². The van der Waals surface area contributed by atoms with E-state index in [9.17, 15) is 0 Å². The van der Waals surface area contributed by atoms with Crippen molar-refractivity contribution >= 4 is 43.2 Å². The van der Waals surface area contributed by atoms with E-state index in [4.69, 9.17) is 4.42 Å². The van der Waals surface area contributed by atoms with Crippen molar-refractivity contribution in [3.05, 3.63) is 26.3 Å². The number of halogens is 2. The molecule has 0 unspecified atom stereocenters. The molecule has 0 saturated carbocycles. The first-order valence-corrected chi connectivity index (χ1v) is 7.71. The molecule has 3 nitrogen and oxygen atoms in total. The van der Waals surface area contributed by atoms with Gasteiger partial charge in [-0.15, -0.1) is 11.3 Å². The molecular formula is C11H12Br2N2OS. The second kappa shape index (κ2) is 6.13. The average Bonchev–Trinajstić information content (AvgIpc) is 2.88. The van der Waals surface area contributed by atoms with Gasteiger partial charge in [0.15, 0.2) is 15.4 Å². The summed E-state index contributed by atoms with van der Waals surface area (Å²) in [5, 5.41) is 4.26. The fourth-order valence-corrected chi connectivity index (χ4v) is 2.76. The molecule has 17 heavy (non-hydrogen) atoms. The van der Waals surface area contributed by atoms with Gasteiger partial charge in [-0.3, -0.25) is 0 Å². The number of furan rings is 1. The van der Waals surface area contributed by atoms with Crippen molar-refractivity contribution in [2.24, 2.45) is 0 Å². The standard InChI is InChI=1S/C11H12Br2N2OS/c1-2-3-14-5-7-6-15-11(17-7)9-4-8(12)10(13)16-9/h4,6,14H,2-3,5H2,1H3. The number of thiazole rings is 1. The number of nitrogens with zero attached hydrogens (tertiary/aromatic N) is 1. The lowest BCUT2D eigenvalue weighted by atomic mass is 10.4. The van der Waals surface area contributed by atoms with Gasteiger partial charge in [0.05, 0.1) is 4.47 Å². The number of hydrogen-bond donors (Lipinski definition) is 1. The van der Waals surface area contributed by atoms with Crippen molar-refractivity contribution in [2.75, 3.05) is 6.54 Å². The van der Waals surface area contributed by atoms with Crippen molar-refractivity contribution in [1.82, 2.24) is 10.3 Å². The van der Waals surface area contributed by atoms with Crippen LogP contribution in [0.25, 0.3) is 10.8 Å². The molecule has 0 atom stereocenters. The van der Waals surface area contributed by atoms with Gasteiger partial charge < -0.3 is 9.73 Å². The van der Waals surface area contributed by atoms with Gasteiger partial charge in [-0.2, -0.15) is 0 Å². The minimum absolute atomic E-state index is 0.702. The van der Waals surface area contributed by atoms with E-state index < -0.39 is 0 Å². The Morgan fingerprint density at radius 1 is 1.47 bits per heavy atom. The molecule has 2 aromatic heterocycles. The molecule has 0 radical (unpaired) electrons. The van der Waals surface area contributed by atoms with Crippen LogP contribution in [0.1, 0.15) is 18.2 Å². The van der Waals surface area contributed by atoms with E-state index in [2.05, 4.69) is 49.1 Å². The van der Waals surface area contributed by atoms with Crippen LogP contribution in [-0.4, -0.2) is 11.5 Å². The summed E-state index contributed by atoms with van der Waals surface area (Å²) in [6.45, 7) is 4.06. The summed E-state index contributed by atoms with van der Waals surface area (Å²) in [5.41, 5.74) is 0. The van der Waals surface area contributed by atoms with E-state index in [1.807, 2.05) is 12.3 Å². The third-order valence-corrected chi connectivity index (χ3v) is 4.86. The Hall–Kier alpha value is -0.170. The van der Waals surface area contributed by atoms with Gasteiger partial charge in [0.2, 0.25) is 0 Å². The summed E-state index contributed by atoms with van der Waals surface area (Å²) < 4.78 is 7.15. The predicted octanol–water partition coefficient (Wildman–Crippen LogP) is 4.43. The topological polar surface area (TPSA) is 38.1 Å². The van der Waals surface area contributed by atoms with Crippen LogP contribution in [0.3, 0.4) is 0 Å². The van der Waals surface area contributed by atoms with Gasteiger partial charge in [-0.25, -0.2) is 4.98 Å². The number of hydrogen-bond acceptors (Lipinski definition) is 4. The summed E-state index contributed by atoms with van der Waals surface area (Å²) in [5.74, 6) is 0.787. The molecule has 2 heterocycles. The Balaban J connectivity index is 2.07. The summed E-state index contributed by atoms with van der Waals surface area (Å²) in [6, 6.07) is 1.92. The van der Waals surface area contributed by atoms with E-state index in [0.717, 1.165) is 34.8 Å². The maximum absolute atomic E-state index is 5.54. The Bertz CT molecular complexity index is 476. The molecule has 0 amide bonds. The smallest absolute Gasteiger partial charge is 0.184 e. The highest BCUT2D eigenvalue weighted by Crippen LogP contribution is 2.34. The van der Waals surface area contributed by atoms with Crippen LogP contribution in [0.15, 0.2) is 25.8 Å². The van der Waals surface area contributed by atoms with Gasteiger partial charge in [0.25, 0.3) is 0 Å². The molecule has 1 N–H and O–H groups in total. The monoisotopic (exact) mass is 378 g/mol. The van der Waals surface area contributed by atoms with Crippen molar-refractivity contribution in [1.29, 1.82) is 0 Å².